The predicted molar refractivity (Wildman–Crippen MR) is 174 cm³/mol. The van der Waals surface area contributed by atoms with Gasteiger partial charge in [0.05, 0.1) is 21.7 Å². The summed E-state index contributed by atoms with van der Waals surface area (Å²) >= 11 is 3.22. The number of rotatable bonds is 7. The van der Waals surface area contributed by atoms with Gasteiger partial charge in [-0.3, -0.25) is 9.69 Å². The molecular formula is C31H35N5O5S3. The Kier molecular flexibility index (Phi) is 8.75. The molecule has 1 saturated heterocycles. The van der Waals surface area contributed by atoms with E-state index in [1.165, 1.54) is 31.8 Å². The number of carbonyl (C=O) groups is 2. The Morgan fingerprint density at radius 1 is 1.00 bits per heavy atom. The second-order valence-corrected chi connectivity index (χ2v) is 15.2. The van der Waals surface area contributed by atoms with Crippen molar-refractivity contribution in [2.75, 3.05) is 44.6 Å². The van der Waals surface area contributed by atoms with Crippen molar-refractivity contribution >= 4 is 59.9 Å². The summed E-state index contributed by atoms with van der Waals surface area (Å²) in [6.07, 6.45) is 0.446. The summed E-state index contributed by atoms with van der Waals surface area (Å²) < 4.78 is 34.1. The highest BCUT2D eigenvalue weighted by Crippen LogP contribution is 2.46. The minimum absolute atomic E-state index is 0.106. The fourth-order valence-corrected chi connectivity index (χ4v) is 9.39. The molecule has 0 saturated carbocycles. The number of thiophene rings is 1. The fraction of sp³-hybridized carbons (Fsp3) is 0.387. The van der Waals surface area contributed by atoms with Crippen molar-refractivity contribution in [3.05, 3.63) is 64.5 Å². The zero-order valence-corrected chi connectivity index (χ0v) is 27.4. The number of thiazole rings is 1. The van der Waals surface area contributed by atoms with E-state index >= 15 is 0 Å². The van der Waals surface area contributed by atoms with E-state index in [1.54, 1.807) is 41.7 Å². The van der Waals surface area contributed by atoms with E-state index in [0.29, 0.717) is 11.6 Å². The summed E-state index contributed by atoms with van der Waals surface area (Å²) in [6.45, 7) is 9.04. The van der Waals surface area contributed by atoms with E-state index in [9.17, 15) is 18.0 Å². The molecule has 1 fully saturated rings. The van der Waals surface area contributed by atoms with Gasteiger partial charge in [0.25, 0.3) is 5.91 Å². The molecule has 0 radical (unpaired) electrons. The van der Waals surface area contributed by atoms with Crippen LogP contribution in [0.4, 0.5) is 9.80 Å². The van der Waals surface area contributed by atoms with Gasteiger partial charge in [0.2, 0.25) is 10.0 Å². The van der Waals surface area contributed by atoms with Gasteiger partial charge in [-0.05, 0) is 69.2 Å². The SMILES string of the molecule is CCOC(=O)N1CCN(S(=O)(=O)c2ccc(C(=O)Nc3sc4c(c3-c3nc5ccccc5s3)CCN(C(C)C)C4)cc2)CC1. The maximum Gasteiger partial charge on any atom is 0.409 e. The van der Waals surface area contributed by atoms with Crippen LogP contribution in [0.3, 0.4) is 0 Å². The number of para-hydroxylation sites is 1. The standard InChI is InChI=1S/C31H35N5O5S3/c1-4-41-31(38)34-15-17-36(18-16-34)44(39,40)22-11-9-21(10-12-22)28(37)33-30-27(29-32-24-7-5-6-8-25(24)42-29)23-13-14-35(20(2)3)19-26(23)43-30/h5-12,20H,4,13-19H2,1-3H3,(H,33,37). The Labute approximate surface area is 265 Å². The van der Waals surface area contributed by atoms with Crippen molar-refractivity contribution in [3.63, 3.8) is 0 Å². The van der Waals surface area contributed by atoms with Gasteiger partial charge in [-0.2, -0.15) is 4.31 Å². The lowest BCUT2D eigenvalue weighted by atomic mass is 10.0. The Hall–Kier alpha value is -3.36. The quantitative estimate of drug-likeness (QED) is 0.280. The first-order chi connectivity index (χ1) is 21.2. The topological polar surface area (TPSA) is 112 Å². The van der Waals surface area contributed by atoms with Crippen LogP contribution in [0.15, 0.2) is 53.4 Å². The number of carbonyl (C=O) groups excluding carboxylic acids is 2. The molecule has 0 unspecified atom stereocenters. The summed E-state index contributed by atoms with van der Waals surface area (Å²) in [5.41, 5.74) is 3.53. The molecule has 0 atom stereocenters. The number of fused-ring (bicyclic) bond motifs is 2. The zero-order chi connectivity index (χ0) is 31.0. The molecule has 0 spiro atoms. The Bertz CT molecular complexity index is 1760. The van der Waals surface area contributed by atoms with Gasteiger partial charge in [-0.25, -0.2) is 18.2 Å². The number of benzene rings is 2. The lowest BCUT2D eigenvalue weighted by Crippen LogP contribution is -2.50. The minimum atomic E-state index is -3.78. The second kappa shape index (κ2) is 12.6. The van der Waals surface area contributed by atoms with E-state index in [-0.39, 0.29) is 43.6 Å². The van der Waals surface area contributed by atoms with Crippen LogP contribution in [-0.2, 0) is 27.7 Å². The highest BCUT2D eigenvalue weighted by molar-refractivity contribution is 7.89. The molecule has 4 aromatic rings. The maximum atomic E-state index is 13.5. The molecule has 0 aliphatic carbocycles. The lowest BCUT2D eigenvalue weighted by molar-refractivity contribution is 0.0933. The largest absolute Gasteiger partial charge is 0.450 e. The maximum absolute atomic E-state index is 13.5. The van der Waals surface area contributed by atoms with E-state index in [1.807, 2.05) is 18.2 Å². The summed E-state index contributed by atoms with van der Waals surface area (Å²) in [5, 5.41) is 4.79. The van der Waals surface area contributed by atoms with E-state index in [2.05, 4.69) is 30.1 Å². The predicted octanol–water partition coefficient (Wildman–Crippen LogP) is 5.51. The van der Waals surface area contributed by atoms with Crippen molar-refractivity contribution in [2.45, 2.75) is 44.7 Å². The summed E-state index contributed by atoms with van der Waals surface area (Å²) in [5.74, 6) is -0.307. The first-order valence-corrected chi connectivity index (χ1v) is 17.8. The number of piperazine rings is 1. The first kappa shape index (κ1) is 30.7. The number of nitrogens with zero attached hydrogens (tertiary/aromatic N) is 4. The number of anilines is 1. The van der Waals surface area contributed by atoms with Crippen LogP contribution in [0, 0.1) is 0 Å². The van der Waals surface area contributed by atoms with Crippen LogP contribution in [0.5, 0.6) is 0 Å². The van der Waals surface area contributed by atoms with Crippen molar-refractivity contribution < 1.29 is 22.7 Å². The zero-order valence-electron chi connectivity index (χ0n) is 24.9. The molecule has 13 heteroatoms. The molecule has 2 amide bonds. The van der Waals surface area contributed by atoms with Crippen molar-refractivity contribution in [1.82, 2.24) is 19.1 Å². The van der Waals surface area contributed by atoms with Gasteiger partial charge in [0.15, 0.2) is 0 Å². The smallest absolute Gasteiger partial charge is 0.409 e. The van der Waals surface area contributed by atoms with Crippen LogP contribution in [0.25, 0.3) is 20.8 Å². The highest BCUT2D eigenvalue weighted by atomic mass is 32.2. The number of hydrogen-bond acceptors (Lipinski definition) is 9. The fourth-order valence-electron chi connectivity index (χ4n) is 5.59. The van der Waals surface area contributed by atoms with Gasteiger partial charge in [-0.15, -0.1) is 22.7 Å². The number of sulfonamides is 1. The normalized spacial score (nSPS) is 16.3. The Morgan fingerprint density at radius 3 is 2.41 bits per heavy atom. The summed E-state index contributed by atoms with van der Waals surface area (Å²) in [6, 6.07) is 14.5. The lowest BCUT2D eigenvalue weighted by Gasteiger charge is -2.33. The van der Waals surface area contributed by atoms with Crippen LogP contribution < -0.4 is 5.32 Å². The minimum Gasteiger partial charge on any atom is -0.450 e. The third-order valence-corrected chi connectivity index (χ3v) is 12.2. The number of aromatic nitrogens is 1. The van der Waals surface area contributed by atoms with Gasteiger partial charge in [0, 0.05) is 61.3 Å². The first-order valence-electron chi connectivity index (χ1n) is 14.7. The number of nitrogens with one attached hydrogen (secondary N) is 1. The molecule has 1 N–H and O–H groups in total. The number of ether oxygens (including phenoxy) is 1. The average Bonchev–Trinajstić information content (AvgIpc) is 3.61. The molecule has 4 heterocycles. The van der Waals surface area contributed by atoms with Gasteiger partial charge < -0.3 is 15.0 Å². The van der Waals surface area contributed by atoms with E-state index < -0.39 is 16.1 Å². The van der Waals surface area contributed by atoms with E-state index in [0.717, 1.165) is 45.3 Å². The van der Waals surface area contributed by atoms with Crippen molar-refractivity contribution in [2.24, 2.45) is 0 Å². The monoisotopic (exact) mass is 653 g/mol. The van der Waals surface area contributed by atoms with Gasteiger partial charge in [0.1, 0.15) is 10.0 Å². The molecule has 2 aliphatic rings. The molecule has 10 nitrogen and oxygen atoms in total. The average molecular weight is 654 g/mol. The third-order valence-electron chi connectivity index (χ3n) is 8.07. The van der Waals surface area contributed by atoms with E-state index in [4.69, 9.17) is 9.72 Å². The van der Waals surface area contributed by atoms with Crippen molar-refractivity contribution in [1.29, 1.82) is 0 Å². The second-order valence-electron chi connectivity index (χ2n) is 11.1. The number of amides is 2. The molecule has 44 heavy (non-hydrogen) atoms. The molecule has 6 rings (SSSR count). The van der Waals surface area contributed by atoms with Crippen LogP contribution in [0.2, 0.25) is 0 Å². The van der Waals surface area contributed by atoms with Crippen LogP contribution >= 0.6 is 22.7 Å². The number of hydrogen-bond donors (Lipinski definition) is 1. The van der Waals surface area contributed by atoms with Crippen LogP contribution in [-0.4, -0.2) is 84.9 Å². The molecule has 2 aliphatic heterocycles. The Morgan fingerprint density at radius 2 is 1.73 bits per heavy atom. The Balaban J connectivity index is 1.22. The van der Waals surface area contributed by atoms with Gasteiger partial charge >= 0.3 is 6.09 Å². The third kappa shape index (κ3) is 5.98. The molecule has 2 aromatic carbocycles. The molecule has 0 bridgehead atoms. The van der Waals surface area contributed by atoms with Gasteiger partial charge in [-0.1, -0.05) is 12.1 Å². The van der Waals surface area contributed by atoms with Crippen molar-refractivity contribution in [3.8, 4) is 10.6 Å². The highest BCUT2D eigenvalue weighted by Gasteiger charge is 2.31. The summed E-state index contributed by atoms with van der Waals surface area (Å²) in [7, 11) is -3.78. The molecule has 232 valence electrons. The molecule has 2 aromatic heterocycles. The summed E-state index contributed by atoms with van der Waals surface area (Å²) in [4.78, 5) is 35.7. The molecular weight excluding hydrogens is 619 g/mol. The van der Waals surface area contributed by atoms with Crippen LogP contribution in [0.1, 0.15) is 41.6 Å².